The number of aromatic nitrogens is 1. The third kappa shape index (κ3) is 6.82. The quantitative estimate of drug-likeness (QED) is 0.167. The molecule has 2 aromatic carbocycles. The first-order valence-corrected chi connectivity index (χ1v) is 12.9. The summed E-state index contributed by atoms with van der Waals surface area (Å²) in [6, 6.07) is 26.9. The number of rotatable bonds is 6. The van der Waals surface area contributed by atoms with Crippen molar-refractivity contribution in [2.75, 3.05) is 0 Å². The third-order valence-electron chi connectivity index (χ3n) is 4.92. The van der Waals surface area contributed by atoms with Crippen LogP contribution in [0, 0.1) is 6.07 Å². The Balaban J connectivity index is 0.000000189. The van der Waals surface area contributed by atoms with Crippen molar-refractivity contribution >= 4 is 42.8 Å². The van der Waals surface area contributed by atoms with Crippen molar-refractivity contribution in [3.8, 4) is 10.6 Å². The largest absolute Gasteiger partial charge is 3.00 e. The van der Waals surface area contributed by atoms with Crippen molar-refractivity contribution < 1.29 is 20.1 Å². The number of hydrogen-bond donors (Lipinski definition) is 0. The topological polar surface area (TPSA) is 41.1 Å². The molecule has 0 spiro atoms. The van der Waals surface area contributed by atoms with Crippen LogP contribution < -0.4 is 0 Å². The molecule has 0 N–H and O–H groups in total. The fraction of sp³-hybridized carbons (Fsp3) is 0.250. The van der Waals surface area contributed by atoms with Crippen molar-refractivity contribution in [3.63, 3.8) is 0 Å². The van der Waals surface area contributed by atoms with Crippen LogP contribution in [0.2, 0.25) is 0 Å². The molecule has 3 aromatic heterocycles. The van der Waals surface area contributed by atoms with Crippen LogP contribution in [0.1, 0.15) is 39.4 Å². The van der Waals surface area contributed by atoms with Crippen molar-refractivity contribution in [3.05, 3.63) is 101 Å². The van der Waals surface area contributed by atoms with E-state index >= 15 is 0 Å². The molecule has 0 unspecified atom stereocenters. The van der Waals surface area contributed by atoms with E-state index in [0.29, 0.717) is 12.1 Å². The van der Waals surface area contributed by atoms with E-state index in [1.54, 1.807) is 22.7 Å². The Kier molecular flexibility index (Phi) is 9.96. The standard InChI is InChI=1S/C15H8NS2.C13H20N2.Ir/c1-2-4-12-10(3-1)9-14(18-12)15-11-6-8-17-13(11)5-7-16-15;1-10(2)14-13(15-11(3)4)12-8-6-5-7-9-12;/h1-8H;5-11,13H,1-4H3;/q-1;-2;+3. The Labute approximate surface area is 224 Å². The van der Waals surface area contributed by atoms with E-state index in [2.05, 4.69) is 97.2 Å². The second-order valence-electron chi connectivity index (χ2n) is 8.31. The summed E-state index contributed by atoms with van der Waals surface area (Å²) in [5, 5.41) is 13.8. The van der Waals surface area contributed by atoms with Gasteiger partial charge >= 0.3 is 20.1 Å². The Morgan fingerprint density at radius 3 is 2.15 bits per heavy atom. The molecule has 0 aliphatic rings. The fourth-order valence-electron chi connectivity index (χ4n) is 3.50. The summed E-state index contributed by atoms with van der Waals surface area (Å²) in [4.78, 5) is 5.66. The van der Waals surface area contributed by atoms with Crippen molar-refractivity contribution in [1.82, 2.24) is 4.98 Å². The second kappa shape index (κ2) is 12.7. The molecule has 0 atom stereocenters. The number of pyridine rings is 1. The Hall–Kier alpha value is -1.92. The van der Waals surface area contributed by atoms with E-state index in [9.17, 15) is 0 Å². The summed E-state index contributed by atoms with van der Waals surface area (Å²) in [5.74, 6) is 0. The Bertz CT molecular complexity index is 1250. The van der Waals surface area contributed by atoms with E-state index in [4.69, 9.17) is 0 Å². The maximum atomic E-state index is 4.62. The molecule has 0 amide bonds. The number of nitrogens with zero attached hydrogens (tertiary/aromatic N) is 3. The molecular weight excluding hydrogens is 635 g/mol. The maximum absolute atomic E-state index is 4.62. The molecule has 3 heterocycles. The van der Waals surface area contributed by atoms with E-state index in [1.165, 1.54) is 25.7 Å². The molecule has 5 rings (SSSR count). The van der Waals surface area contributed by atoms with Crippen molar-refractivity contribution in [1.29, 1.82) is 0 Å². The van der Waals surface area contributed by atoms with Crippen LogP contribution >= 0.6 is 22.7 Å². The van der Waals surface area contributed by atoms with Crippen LogP contribution in [0.15, 0.2) is 78.3 Å². The van der Waals surface area contributed by atoms with E-state index in [-0.39, 0.29) is 26.3 Å². The molecule has 5 aromatic rings. The Morgan fingerprint density at radius 1 is 0.794 bits per heavy atom. The summed E-state index contributed by atoms with van der Waals surface area (Å²) in [7, 11) is 0. The summed E-state index contributed by atoms with van der Waals surface area (Å²) < 4.78 is 2.55. The van der Waals surface area contributed by atoms with E-state index in [0.717, 1.165) is 10.6 Å². The van der Waals surface area contributed by atoms with Gasteiger partial charge in [0.25, 0.3) is 0 Å². The van der Waals surface area contributed by atoms with Gasteiger partial charge in [-0.2, -0.15) is 0 Å². The van der Waals surface area contributed by atoms with Crippen molar-refractivity contribution in [2.24, 2.45) is 0 Å². The maximum Gasteiger partial charge on any atom is 3.00 e. The minimum Gasteiger partial charge on any atom is -0.672 e. The smallest absolute Gasteiger partial charge is 0.672 e. The van der Waals surface area contributed by atoms with Gasteiger partial charge in [-0.15, -0.1) is 47.0 Å². The molecule has 0 bridgehead atoms. The number of thiophene rings is 2. The average molecular weight is 663 g/mol. The van der Waals surface area contributed by atoms with Crippen LogP contribution in [0.3, 0.4) is 0 Å². The predicted octanol–water partition coefficient (Wildman–Crippen LogP) is 9.23. The minimum absolute atomic E-state index is 0. The van der Waals surface area contributed by atoms with Gasteiger partial charge < -0.3 is 15.6 Å². The minimum atomic E-state index is -0.00815. The summed E-state index contributed by atoms with van der Waals surface area (Å²) in [6.45, 7) is 8.36. The number of hydrogen-bond acceptors (Lipinski definition) is 3. The van der Waals surface area contributed by atoms with Gasteiger partial charge in [-0.1, -0.05) is 81.8 Å². The molecule has 0 aliphatic carbocycles. The molecule has 0 saturated carbocycles. The molecule has 6 heteroatoms. The molecule has 0 radical (unpaired) electrons. The zero-order chi connectivity index (χ0) is 23.2. The summed E-state index contributed by atoms with van der Waals surface area (Å²) in [5.41, 5.74) is 2.23. The first kappa shape index (κ1) is 26.7. The molecule has 0 aliphatic heterocycles. The van der Waals surface area contributed by atoms with E-state index in [1.807, 2.05) is 30.5 Å². The van der Waals surface area contributed by atoms with Crippen LogP contribution in [0.25, 0.3) is 41.4 Å². The second-order valence-corrected chi connectivity index (χ2v) is 10.3. The molecule has 176 valence electrons. The molecule has 0 fully saturated rings. The van der Waals surface area contributed by atoms with Gasteiger partial charge in [0.2, 0.25) is 0 Å². The van der Waals surface area contributed by atoms with Crippen LogP contribution in [0.5, 0.6) is 0 Å². The first-order valence-electron chi connectivity index (χ1n) is 11.2. The van der Waals surface area contributed by atoms with Gasteiger partial charge in [0.1, 0.15) is 0 Å². The normalized spacial score (nSPS) is 11.1. The predicted molar refractivity (Wildman–Crippen MR) is 145 cm³/mol. The average Bonchev–Trinajstić information content (AvgIpc) is 3.46. The Morgan fingerprint density at radius 2 is 1.47 bits per heavy atom. The SMILES string of the molecule is CC(C)[N-]C([N-]C(C)C)c1ccccc1.[Ir+3].[c-]1c(-c2nccc3sccc23)sc2ccccc12. The fourth-order valence-corrected chi connectivity index (χ4v) is 5.30. The summed E-state index contributed by atoms with van der Waals surface area (Å²) >= 11 is 3.51. The third-order valence-corrected chi connectivity index (χ3v) is 6.88. The van der Waals surface area contributed by atoms with E-state index < -0.39 is 0 Å². The zero-order valence-corrected chi connectivity index (χ0v) is 23.8. The monoisotopic (exact) mass is 663 g/mol. The van der Waals surface area contributed by atoms with Gasteiger partial charge in [-0.3, -0.25) is 0 Å². The van der Waals surface area contributed by atoms with Crippen molar-refractivity contribution in [2.45, 2.75) is 45.9 Å². The number of benzene rings is 2. The summed E-state index contributed by atoms with van der Waals surface area (Å²) in [6.07, 6.45) is 1.87. The molecular formula is C28H28IrN3S2. The zero-order valence-electron chi connectivity index (χ0n) is 19.7. The van der Waals surface area contributed by atoms with Crippen LogP contribution in [-0.4, -0.2) is 17.1 Å². The number of fused-ring (bicyclic) bond motifs is 2. The van der Waals surface area contributed by atoms with Gasteiger partial charge in [0.05, 0.1) is 0 Å². The molecule has 34 heavy (non-hydrogen) atoms. The molecule has 3 nitrogen and oxygen atoms in total. The van der Waals surface area contributed by atoms with Crippen LogP contribution in [0.4, 0.5) is 0 Å². The van der Waals surface area contributed by atoms with Gasteiger partial charge in [-0.25, -0.2) is 17.5 Å². The van der Waals surface area contributed by atoms with Crippen LogP contribution in [-0.2, 0) is 20.1 Å². The van der Waals surface area contributed by atoms with Gasteiger partial charge in [0, 0.05) is 16.6 Å². The van der Waals surface area contributed by atoms with Gasteiger partial charge in [0.15, 0.2) is 0 Å². The van der Waals surface area contributed by atoms with Gasteiger partial charge in [-0.05, 0) is 26.4 Å². The first-order chi connectivity index (χ1) is 16.0. The molecule has 0 saturated heterocycles.